The quantitative estimate of drug-likeness (QED) is 0.580. The molecule has 1 aliphatic rings. The minimum absolute atomic E-state index is 0.233. The Morgan fingerprint density at radius 2 is 2.00 bits per heavy atom. The molecular weight excluding hydrogens is 222 g/mol. The number of rotatable bonds is 2. The van der Waals surface area contributed by atoms with Crippen molar-refractivity contribution in [3.63, 3.8) is 0 Å². The fraction of sp³-hybridized carbons (Fsp3) is 0.167. The van der Waals surface area contributed by atoms with E-state index in [1.165, 1.54) is 11.0 Å². The van der Waals surface area contributed by atoms with Gasteiger partial charge in [0, 0.05) is 16.5 Å². The Hall–Kier alpha value is -1.55. The normalized spacial score (nSPS) is 15.6. The zero-order valence-corrected chi connectivity index (χ0v) is 9.88. The topological polar surface area (TPSA) is 37.4 Å². The summed E-state index contributed by atoms with van der Waals surface area (Å²) < 4.78 is 0. The highest BCUT2D eigenvalue weighted by Crippen LogP contribution is 2.26. The second-order valence-corrected chi connectivity index (χ2v) is 4.39. The molecule has 0 aliphatic carbocycles. The van der Waals surface area contributed by atoms with Crippen molar-refractivity contribution in [3.8, 4) is 0 Å². The summed E-state index contributed by atoms with van der Waals surface area (Å²) in [6, 6.07) is 7.39. The number of imide groups is 1. The molecule has 0 saturated carbocycles. The van der Waals surface area contributed by atoms with E-state index in [9.17, 15) is 9.59 Å². The summed E-state index contributed by atoms with van der Waals surface area (Å²) >= 11 is 1.58. The van der Waals surface area contributed by atoms with Gasteiger partial charge in [0.05, 0.1) is 5.69 Å². The van der Waals surface area contributed by atoms with Crippen LogP contribution in [0, 0.1) is 0 Å². The molecule has 2 rings (SSSR count). The SMILES string of the molecule is CSc1cccc(N2C(=O)C=C(C)C2=O)c1. The molecule has 0 atom stereocenters. The first kappa shape index (κ1) is 11.0. The average molecular weight is 233 g/mol. The van der Waals surface area contributed by atoms with E-state index in [4.69, 9.17) is 0 Å². The molecule has 16 heavy (non-hydrogen) atoms. The van der Waals surface area contributed by atoms with Gasteiger partial charge in [0.25, 0.3) is 11.8 Å². The molecule has 0 radical (unpaired) electrons. The maximum Gasteiger partial charge on any atom is 0.261 e. The molecule has 1 aliphatic heterocycles. The molecule has 0 fully saturated rings. The summed E-state index contributed by atoms with van der Waals surface area (Å²) in [6.07, 6.45) is 3.32. The van der Waals surface area contributed by atoms with Gasteiger partial charge in [-0.3, -0.25) is 9.59 Å². The van der Waals surface area contributed by atoms with Crippen LogP contribution in [0.15, 0.2) is 40.8 Å². The second-order valence-electron chi connectivity index (χ2n) is 3.51. The molecule has 0 unspecified atom stereocenters. The van der Waals surface area contributed by atoms with E-state index < -0.39 is 0 Å². The van der Waals surface area contributed by atoms with Gasteiger partial charge in [-0.25, -0.2) is 4.90 Å². The van der Waals surface area contributed by atoms with Crippen molar-refractivity contribution in [3.05, 3.63) is 35.9 Å². The zero-order chi connectivity index (χ0) is 11.7. The Bertz CT molecular complexity index is 494. The van der Waals surface area contributed by atoms with Crippen LogP contribution in [0.3, 0.4) is 0 Å². The summed E-state index contributed by atoms with van der Waals surface area (Å²) in [5, 5.41) is 0. The Kier molecular flexibility index (Phi) is 2.83. The molecule has 82 valence electrons. The number of thioether (sulfide) groups is 1. The highest BCUT2D eigenvalue weighted by atomic mass is 32.2. The van der Waals surface area contributed by atoms with Crippen LogP contribution in [0.5, 0.6) is 0 Å². The number of amides is 2. The molecule has 0 saturated heterocycles. The van der Waals surface area contributed by atoms with Gasteiger partial charge >= 0.3 is 0 Å². The fourth-order valence-electron chi connectivity index (χ4n) is 1.58. The molecule has 1 aromatic carbocycles. The molecule has 0 aromatic heterocycles. The van der Waals surface area contributed by atoms with Crippen LogP contribution in [-0.2, 0) is 9.59 Å². The van der Waals surface area contributed by atoms with E-state index in [0.717, 1.165) is 4.90 Å². The largest absolute Gasteiger partial charge is 0.269 e. The number of hydrogen-bond acceptors (Lipinski definition) is 3. The van der Waals surface area contributed by atoms with Crippen LogP contribution in [0.4, 0.5) is 5.69 Å². The zero-order valence-electron chi connectivity index (χ0n) is 9.06. The summed E-state index contributed by atoms with van der Waals surface area (Å²) in [5.74, 6) is -0.496. The van der Waals surface area contributed by atoms with Crippen LogP contribution in [0.1, 0.15) is 6.92 Å². The maximum absolute atomic E-state index is 11.7. The lowest BCUT2D eigenvalue weighted by atomic mass is 10.3. The summed E-state index contributed by atoms with van der Waals surface area (Å²) in [7, 11) is 0. The Morgan fingerprint density at radius 3 is 2.56 bits per heavy atom. The maximum atomic E-state index is 11.7. The molecular formula is C12H11NO2S. The number of hydrogen-bond donors (Lipinski definition) is 0. The van der Waals surface area contributed by atoms with E-state index in [0.29, 0.717) is 11.3 Å². The van der Waals surface area contributed by atoms with Crippen molar-refractivity contribution in [2.24, 2.45) is 0 Å². The van der Waals surface area contributed by atoms with E-state index in [1.807, 2.05) is 24.5 Å². The van der Waals surface area contributed by atoms with Gasteiger partial charge in [0.15, 0.2) is 0 Å². The van der Waals surface area contributed by atoms with Crippen molar-refractivity contribution in [1.82, 2.24) is 0 Å². The van der Waals surface area contributed by atoms with Gasteiger partial charge < -0.3 is 0 Å². The molecule has 3 nitrogen and oxygen atoms in total. The molecule has 1 heterocycles. The van der Waals surface area contributed by atoms with Crippen LogP contribution >= 0.6 is 11.8 Å². The lowest BCUT2D eigenvalue weighted by molar-refractivity contribution is -0.120. The lowest BCUT2D eigenvalue weighted by Gasteiger charge is -2.14. The van der Waals surface area contributed by atoms with Gasteiger partial charge in [-0.05, 0) is 31.4 Å². The Morgan fingerprint density at radius 1 is 1.25 bits per heavy atom. The van der Waals surface area contributed by atoms with Crippen molar-refractivity contribution < 1.29 is 9.59 Å². The van der Waals surface area contributed by atoms with Crippen LogP contribution in [0.2, 0.25) is 0 Å². The average Bonchev–Trinajstić information content (AvgIpc) is 2.53. The summed E-state index contributed by atoms with van der Waals surface area (Å²) in [6.45, 7) is 1.65. The molecule has 0 spiro atoms. The third-order valence-electron chi connectivity index (χ3n) is 2.41. The summed E-state index contributed by atoms with van der Waals surface area (Å²) in [4.78, 5) is 25.6. The third-order valence-corrected chi connectivity index (χ3v) is 3.14. The van der Waals surface area contributed by atoms with E-state index in [2.05, 4.69) is 0 Å². The highest BCUT2D eigenvalue weighted by molar-refractivity contribution is 7.98. The van der Waals surface area contributed by atoms with Crippen LogP contribution < -0.4 is 4.90 Å². The Labute approximate surface area is 98.1 Å². The lowest BCUT2D eigenvalue weighted by Crippen LogP contribution is -2.30. The monoisotopic (exact) mass is 233 g/mol. The smallest absolute Gasteiger partial charge is 0.261 e. The van der Waals surface area contributed by atoms with E-state index >= 15 is 0 Å². The van der Waals surface area contributed by atoms with Gasteiger partial charge in [0.2, 0.25) is 0 Å². The number of nitrogens with zero attached hydrogens (tertiary/aromatic N) is 1. The van der Waals surface area contributed by atoms with E-state index in [-0.39, 0.29) is 11.8 Å². The molecule has 2 amide bonds. The van der Waals surface area contributed by atoms with Crippen LogP contribution in [-0.4, -0.2) is 18.1 Å². The third kappa shape index (κ3) is 1.76. The van der Waals surface area contributed by atoms with Gasteiger partial charge in [0.1, 0.15) is 0 Å². The molecule has 4 heteroatoms. The standard InChI is InChI=1S/C12H11NO2S/c1-8-6-11(14)13(12(8)15)9-4-3-5-10(7-9)16-2/h3-7H,1-2H3. The van der Waals surface area contributed by atoms with Crippen molar-refractivity contribution in [1.29, 1.82) is 0 Å². The number of anilines is 1. The number of benzene rings is 1. The van der Waals surface area contributed by atoms with E-state index in [1.54, 1.807) is 24.8 Å². The molecule has 0 bridgehead atoms. The van der Waals surface area contributed by atoms with Gasteiger partial charge in [-0.2, -0.15) is 0 Å². The fourth-order valence-corrected chi connectivity index (χ4v) is 2.04. The van der Waals surface area contributed by atoms with Crippen molar-refractivity contribution in [2.45, 2.75) is 11.8 Å². The van der Waals surface area contributed by atoms with Gasteiger partial charge in [-0.1, -0.05) is 6.07 Å². The minimum atomic E-state index is -0.263. The highest BCUT2D eigenvalue weighted by Gasteiger charge is 2.29. The number of carbonyl (C=O) groups excluding carboxylic acids is 2. The minimum Gasteiger partial charge on any atom is -0.269 e. The summed E-state index contributed by atoms with van der Waals surface area (Å²) in [5.41, 5.74) is 1.12. The molecule has 1 aromatic rings. The van der Waals surface area contributed by atoms with Crippen molar-refractivity contribution >= 4 is 29.3 Å². The first-order valence-electron chi connectivity index (χ1n) is 4.84. The first-order chi connectivity index (χ1) is 7.63. The molecule has 0 N–H and O–H groups in total. The Balaban J connectivity index is 2.39. The number of carbonyl (C=O) groups is 2. The predicted octanol–water partition coefficient (Wildman–Crippen LogP) is 2.23. The first-order valence-corrected chi connectivity index (χ1v) is 6.06. The predicted molar refractivity (Wildman–Crippen MR) is 64.5 cm³/mol. The van der Waals surface area contributed by atoms with Gasteiger partial charge in [-0.15, -0.1) is 11.8 Å². The van der Waals surface area contributed by atoms with Crippen molar-refractivity contribution in [2.75, 3.05) is 11.2 Å². The van der Waals surface area contributed by atoms with Crippen LogP contribution in [0.25, 0.3) is 0 Å². The second kappa shape index (κ2) is 4.14.